The molecule has 0 atom stereocenters. The molecule has 2 aromatic rings. The van der Waals surface area contributed by atoms with Crippen LogP contribution in [0.25, 0.3) is 0 Å². The Kier molecular flexibility index (Phi) is 5.04. The third-order valence-corrected chi connectivity index (χ3v) is 5.29. The van der Waals surface area contributed by atoms with Crippen molar-refractivity contribution in [2.45, 2.75) is 45.1 Å². The molecule has 2 heterocycles. The molecule has 1 aromatic carbocycles. The summed E-state index contributed by atoms with van der Waals surface area (Å²) < 4.78 is 0. The minimum Gasteiger partial charge on any atom is -0.370 e. The van der Waals surface area contributed by atoms with E-state index in [1.165, 1.54) is 43.2 Å². The Balaban J connectivity index is 1.39. The number of aliphatic imine (C=N–C) groups is 1. The van der Waals surface area contributed by atoms with Crippen LogP contribution in [-0.2, 0) is 19.4 Å². The van der Waals surface area contributed by atoms with Crippen LogP contribution in [0.2, 0.25) is 0 Å². The number of hydrogen-bond donors (Lipinski definition) is 2. The molecule has 0 saturated carbocycles. The van der Waals surface area contributed by atoms with Crippen molar-refractivity contribution < 1.29 is 0 Å². The molecule has 1 aliphatic carbocycles. The fraction of sp³-hybridized carbons (Fsp3) is 0.429. The highest BCUT2D eigenvalue weighted by Crippen LogP contribution is 2.24. The van der Waals surface area contributed by atoms with Gasteiger partial charge in [0, 0.05) is 25.0 Å². The maximum absolute atomic E-state index is 6.09. The SMILES string of the molecule is NC(=NCc1ccnc(N2CCCCC2)c1)Nc1ccc2c(c1)CCC2. The van der Waals surface area contributed by atoms with Crippen LogP contribution in [0.3, 0.4) is 0 Å². The van der Waals surface area contributed by atoms with Gasteiger partial charge in [-0.25, -0.2) is 9.98 Å². The number of fused-ring (bicyclic) bond motifs is 1. The summed E-state index contributed by atoms with van der Waals surface area (Å²) in [6.07, 6.45) is 9.32. The first kappa shape index (κ1) is 16.9. The van der Waals surface area contributed by atoms with Gasteiger partial charge in [0.25, 0.3) is 0 Å². The van der Waals surface area contributed by atoms with Crippen molar-refractivity contribution in [3.05, 3.63) is 53.2 Å². The Bertz CT molecular complexity index is 793. The molecule has 1 saturated heterocycles. The van der Waals surface area contributed by atoms with E-state index < -0.39 is 0 Å². The number of hydrogen-bond acceptors (Lipinski definition) is 3. The van der Waals surface area contributed by atoms with E-state index in [0.29, 0.717) is 12.5 Å². The average Bonchev–Trinajstić information content (AvgIpc) is 3.15. The van der Waals surface area contributed by atoms with Gasteiger partial charge in [-0.1, -0.05) is 6.07 Å². The van der Waals surface area contributed by atoms with Crippen LogP contribution in [0.5, 0.6) is 0 Å². The highest BCUT2D eigenvalue weighted by atomic mass is 15.2. The molecule has 1 fully saturated rings. The maximum Gasteiger partial charge on any atom is 0.193 e. The van der Waals surface area contributed by atoms with Gasteiger partial charge in [-0.15, -0.1) is 0 Å². The van der Waals surface area contributed by atoms with Gasteiger partial charge in [0.05, 0.1) is 6.54 Å². The van der Waals surface area contributed by atoms with E-state index in [4.69, 9.17) is 5.73 Å². The van der Waals surface area contributed by atoms with E-state index in [2.05, 4.69) is 44.5 Å². The lowest BCUT2D eigenvalue weighted by atomic mass is 10.1. The minimum absolute atomic E-state index is 0.458. The molecule has 0 unspecified atom stereocenters. The second-order valence-electron chi connectivity index (χ2n) is 7.23. The molecule has 1 aromatic heterocycles. The summed E-state index contributed by atoms with van der Waals surface area (Å²) in [5.74, 6) is 1.52. The average molecular weight is 349 g/mol. The number of anilines is 2. The number of rotatable bonds is 4. The molecular weight excluding hydrogens is 322 g/mol. The molecule has 0 amide bonds. The molecular formula is C21H27N5. The quantitative estimate of drug-likeness (QED) is 0.655. The Labute approximate surface area is 155 Å². The van der Waals surface area contributed by atoms with Crippen LogP contribution in [0.15, 0.2) is 41.5 Å². The van der Waals surface area contributed by atoms with Crippen molar-refractivity contribution in [3.63, 3.8) is 0 Å². The summed E-state index contributed by atoms with van der Waals surface area (Å²) in [6.45, 7) is 2.76. The summed E-state index contributed by atoms with van der Waals surface area (Å²) in [7, 11) is 0. The van der Waals surface area contributed by atoms with Crippen LogP contribution in [-0.4, -0.2) is 24.0 Å². The van der Waals surface area contributed by atoms with Crippen molar-refractivity contribution in [1.29, 1.82) is 0 Å². The van der Waals surface area contributed by atoms with Crippen LogP contribution in [0.1, 0.15) is 42.4 Å². The van der Waals surface area contributed by atoms with Crippen molar-refractivity contribution in [1.82, 2.24) is 4.98 Å². The van der Waals surface area contributed by atoms with Crippen LogP contribution < -0.4 is 16.0 Å². The van der Waals surface area contributed by atoms with Crippen LogP contribution >= 0.6 is 0 Å². The number of benzene rings is 1. The molecule has 1 aliphatic heterocycles. The first-order valence-corrected chi connectivity index (χ1v) is 9.66. The number of aromatic nitrogens is 1. The van der Waals surface area contributed by atoms with Gasteiger partial charge in [-0.05, 0) is 79.5 Å². The summed E-state index contributed by atoms with van der Waals surface area (Å²) in [5, 5.41) is 3.22. The van der Waals surface area contributed by atoms with Crippen molar-refractivity contribution in [2.75, 3.05) is 23.3 Å². The molecule has 2 aliphatic rings. The third-order valence-electron chi connectivity index (χ3n) is 5.29. The predicted octanol–water partition coefficient (Wildman–Crippen LogP) is 3.49. The number of nitrogens with two attached hydrogens (primary N) is 1. The summed E-state index contributed by atoms with van der Waals surface area (Å²) in [4.78, 5) is 11.4. The first-order valence-electron chi connectivity index (χ1n) is 9.66. The van der Waals surface area contributed by atoms with Crippen molar-refractivity contribution >= 4 is 17.5 Å². The summed E-state index contributed by atoms with van der Waals surface area (Å²) in [5.41, 5.74) is 11.2. The lowest BCUT2D eigenvalue weighted by Gasteiger charge is -2.27. The topological polar surface area (TPSA) is 66.5 Å². The molecule has 5 nitrogen and oxygen atoms in total. The van der Waals surface area contributed by atoms with Crippen molar-refractivity contribution in [3.8, 4) is 0 Å². The molecule has 0 radical (unpaired) electrons. The van der Waals surface area contributed by atoms with Gasteiger partial charge >= 0.3 is 0 Å². The third kappa shape index (κ3) is 3.98. The molecule has 0 spiro atoms. The van der Waals surface area contributed by atoms with Gasteiger partial charge < -0.3 is 16.0 Å². The second kappa shape index (κ2) is 7.77. The molecule has 5 heteroatoms. The Morgan fingerprint density at radius 3 is 2.77 bits per heavy atom. The lowest BCUT2D eigenvalue weighted by Crippen LogP contribution is -2.30. The largest absolute Gasteiger partial charge is 0.370 e. The van der Waals surface area contributed by atoms with E-state index in [-0.39, 0.29) is 0 Å². The van der Waals surface area contributed by atoms with Gasteiger partial charge in [-0.2, -0.15) is 0 Å². The highest BCUT2D eigenvalue weighted by Gasteiger charge is 2.12. The predicted molar refractivity (Wildman–Crippen MR) is 108 cm³/mol. The zero-order chi connectivity index (χ0) is 17.8. The van der Waals surface area contributed by atoms with Gasteiger partial charge in [-0.3, -0.25) is 0 Å². The number of pyridine rings is 1. The molecule has 3 N–H and O–H groups in total. The van der Waals surface area contributed by atoms with E-state index in [9.17, 15) is 0 Å². The standard InChI is InChI=1S/C21H27N5/c22-21(25-19-8-7-17-5-4-6-18(17)14-19)24-15-16-9-10-23-20(13-16)26-11-2-1-3-12-26/h7-10,13-14H,1-6,11-12,15H2,(H3,22,24,25). The minimum atomic E-state index is 0.458. The zero-order valence-electron chi connectivity index (χ0n) is 15.2. The van der Waals surface area contributed by atoms with Gasteiger partial charge in [0.2, 0.25) is 0 Å². The Hall–Kier alpha value is -2.56. The van der Waals surface area contributed by atoms with Crippen LogP contribution in [0.4, 0.5) is 11.5 Å². The summed E-state index contributed by atoms with van der Waals surface area (Å²) in [6, 6.07) is 10.6. The van der Waals surface area contributed by atoms with E-state index in [0.717, 1.165) is 36.6 Å². The normalized spacial score (nSPS) is 17.2. The first-order chi connectivity index (χ1) is 12.8. The fourth-order valence-corrected chi connectivity index (χ4v) is 3.87. The fourth-order valence-electron chi connectivity index (χ4n) is 3.87. The molecule has 26 heavy (non-hydrogen) atoms. The van der Waals surface area contributed by atoms with E-state index >= 15 is 0 Å². The molecule has 0 bridgehead atoms. The zero-order valence-corrected chi connectivity index (χ0v) is 15.2. The van der Waals surface area contributed by atoms with E-state index in [1.54, 1.807) is 0 Å². The van der Waals surface area contributed by atoms with E-state index in [1.807, 2.05) is 12.3 Å². The smallest absolute Gasteiger partial charge is 0.193 e. The number of aryl methyl sites for hydroxylation is 2. The number of nitrogens with one attached hydrogen (secondary N) is 1. The Morgan fingerprint density at radius 1 is 1.04 bits per heavy atom. The van der Waals surface area contributed by atoms with Crippen molar-refractivity contribution in [2.24, 2.45) is 10.7 Å². The highest BCUT2D eigenvalue weighted by molar-refractivity contribution is 5.92. The number of nitrogens with zero attached hydrogens (tertiary/aromatic N) is 3. The van der Waals surface area contributed by atoms with Crippen LogP contribution in [0, 0.1) is 0 Å². The summed E-state index contributed by atoms with van der Waals surface area (Å²) >= 11 is 0. The van der Waals surface area contributed by atoms with Gasteiger partial charge in [0.1, 0.15) is 5.82 Å². The lowest BCUT2D eigenvalue weighted by molar-refractivity contribution is 0.573. The monoisotopic (exact) mass is 349 g/mol. The second-order valence-corrected chi connectivity index (χ2v) is 7.23. The Morgan fingerprint density at radius 2 is 1.88 bits per heavy atom. The van der Waals surface area contributed by atoms with Gasteiger partial charge in [0.15, 0.2) is 5.96 Å². The number of guanidine groups is 1. The molecule has 4 rings (SSSR count). The maximum atomic E-state index is 6.09. The number of piperidine rings is 1. The molecule has 136 valence electrons.